The molecule has 0 unspecified atom stereocenters. The molecule has 3 heterocycles. The van der Waals surface area contributed by atoms with Crippen molar-refractivity contribution in [1.29, 1.82) is 0 Å². The standard InChI is InChI=1S/C23H16F3N5S/c1-13-8-18-19(29-21(28-18)14-4-2-6-16(9-14)23(24,25)26)10-17(13)30-22-31-20(12-32-22)15-5-3-7-27-11-15/h2-12H,1H3,(H,28,29)(H,30,31). The first-order valence-corrected chi connectivity index (χ1v) is 10.6. The molecule has 2 aromatic carbocycles. The Hall–Kier alpha value is -3.72. The molecule has 0 saturated heterocycles. The van der Waals surface area contributed by atoms with Crippen molar-refractivity contribution < 1.29 is 13.2 Å². The highest BCUT2D eigenvalue weighted by molar-refractivity contribution is 7.14. The second-order valence-corrected chi connectivity index (χ2v) is 8.11. The van der Waals surface area contributed by atoms with E-state index >= 15 is 0 Å². The highest BCUT2D eigenvalue weighted by Gasteiger charge is 2.30. The van der Waals surface area contributed by atoms with E-state index in [1.807, 2.05) is 36.6 Å². The van der Waals surface area contributed by atoms with Gasteiger partial charge in [0, 0.05) is 34.6 Å². The normalized spacial score (nSPS) is 11.8. The molecule has 0 aliphatic heterocycles. The van der Waals surface area contributed by atoms with Crippen molar-refractivity contribution in [2.45, 2.75) is 13.1 Å². The molecule has 0 spiro atoms. The zero-order valence-corrected chi connectivity index (χ0v) is 17.6. The number of fused-ring (bicyclic) bond motifs is 1. The third-order valence-electron chi connectivity index (χ3n) is 4.99. The van der Waals surface area contributed by atoms with Crippen LogP contribution >= 0.6 is 11.3 Å². The monoisotopic (exact) mass is 451 g/mol. The lowest BCUT2D eigenvalue weighted by Gasteiger charge is -2.07. The first-order chi connectivity index (χ1) is 15.4. The maximum absolute atomic E-state index is 13.1. The van der Waals surface area contributed by atoms with E-state index in [0.717, 1.165) is 45.3 Å². The lowest BCUT2D eigenvalue weighted by atomic mass is 10.1. The molecule has 160 valence electrons. The summed E-state index contributed by atoms with van der Waals surface area (Å²) in [6.07, 6.45) is -0.932. The second kappa shape index (κ2) is 7.76. The number of aromatic nitrogens is 4. The van der Waals surface area contributed by atoms with Gasteiger partial charge in [-0.25, -0.2) is 9.97 Å². The van der Waals surface area contributed by atoms with Gasteiger partial charge >= 0.3 is 6.18 Å². The molecule has 0 fully saturated rings. The fourth-order valence-electron chi connectivity index (χ4n) is 3.37. The van der Waals surface area contributed by atoms with E-state index in [2.05, 4.69) is 25.3 Å². The average Bonchev–Trinajstić information content (AvgIpc) is 3.41. The zero-order valence-electron chi connectivity index (χ0n) is 16.7. The van der Waals surface area contributed by atoms with Gasteiger partial charge in [0.15, 0.2) is 5.13 Å². The molecular formula is C23H16F3N5S. The molecule has 0 aliphatic carbocycles. The van der Waals surface area contributed by atoms with Crippen LogP contribution in [-0.4, -0.2) is 19.9 Å². The summed E-state index contributed by atoms with van der Waals surface area (Å²) in [6.45, 7) is 1.95. The summed E-state index contributed by atoms with van der Waals surface area (Å²) < 4.78 is 39.2. The van der Waals surface area contributed by atoms with Crippen LogP contribution in [0, 0.1) is 6.92 Å². The molecular weight excluding hydrogens is 435 g/mol. The lowest BCUT2D eigenvalue weighted by molar-refractivity contribution is -0.137. The van der Waals surface area contributed by atoms with Crippen LogP contribution in [0.4, 0.5) is 24.0 Å². The minimum Gasteiger partial charge on any atom is -0.338 e. The lowest BCUT2D eigenvalue weighted by Crippen LogP contribution is -2.04. The molecule has 5 aromatic rings. The molecule has 0 amide bonds. The van der Waals surface area contributed by atoms with Crippen molar-refractivity contribution in [3.8, 4) is 22.6 Å². The van der Waals surface area contributed by atoms with Gasteiger partial charge < -0.3 is 10.3 Å². The number of nitrogens with one attached hydrogen (secondary N) is 2. The van der Waals surface area contributed by atoms with Gasteiger partial charge in [0.1, 0.15) is 5.82 Å². The Balaban J connectivity index is 1.45. The van der Waals surface area contributed by atoms with Crippen LogP contribution in [-0.2, 0) is 6.18 Å². The van der Waals surface area contributed by atoms with Crippen molar-refractivity contribution in [2.75, 3.05) is 5.32 Å². The molecule has 0 atom stereocenters. The molecule has 5 nitrogen and oxygen atoms in total. The van der Waals surface area contributed by atoms with Crippen LogP contribution in [0.25, 0.3) is 33.7 Å². The van der Waals surface area contributed by atoms with E-state index in [-0.39, 0.29) is 0 Å². The van der Waals surface area contributed by atoms with Crippen molar-refractivity contribution in [1.82, 2.24) is 19.9 Å². The average molecular weight is 451 g/mol. The van der Waals surface area contributed by atoms with E-state index in [1.54, 1.807) is 18.5 Å². The number of pyridine rings is 1. The maximum Gasteiger partial charge on any atom is 0.416 e. The van der Waals surface area contributed by atoms with Crippen LogP contribution < -0.4 is 5.32 Å². The SMILES string of the molecule is Cc1cc2[nH]c(-c3cccc(C(F)(F)F)c3)nc2cc1Nc1nc(-c2cccnc2)cs1. The van der Waals surface area contributed by atoms with Gasteiger partial charge in [-0.1, -0.05) is 12.1 Å². The van der Waals surface area contributed by atoms with Gasteiger partial charge in [-0.2, -0.15) is 13.2 Å². The Morgan fingerprint density at radius 2 is 1.84 bits per heavy atom. The topological polar surface area (TPSA) is 66.5 Å². The molecule has 0 saturated carbocycles. The Labute approximate surface area is 185 Å². The maximum atomic E-state index is 13.1. The number of halogens is 3. The predicted octanol–water partition coefficient (Wildman–Crippen LogP) is 6.82. The largest absolute Gasteiger partial charge is 0.416 e. The second-order valence-electron chi connectivity index (χ2n) is 7.25. The summed E-state index contributed by atoms with van der Waals surface area (Å²) in [4.78, 5) is 16.4. The van der Waals surface area contributed by atoms with E-state index in [0.29, 0.717) is 16.9 Å². The highest BCUT2D eigenvalue weighted by atomic mass is 32.1. The van der Waals surface area contributed by atoms with E-state index in [4.69, 9.17) is 0 Å². The summed E-state index contributed by atoms with van der Waals surface area (Å²) >= 11 is 1.47. The molecule has 3 aromatic heterocycles. The number of hydrogen-bond donors (Lipinski definition) is 2. The van der Waals surface area contributed by atoms with Crippen LogP contribution in [0.15, 0.2) is 66.3 Å². The molecule has 0 radical (unpaired) electrons. The summed E-state index contributed by atoms with van der Waals surface area (Å²) in [7, 11) is 0. The minimum atomic E-state index is -4.40. The van der Waals surface area contributed by atoms with Gasteiger partial charge in [-0.05, 0) is 48.9 Å². The van der Waals surface area contributed by atoms with Crippen molar-refractivity contribution in [3.63, 3.8) is 0 Å². The summed E-state index contributed by atoms with van der Waals surface area (Å²) in [6, 6.07) is 12.7. The van der Waals surface area contributed by atoms with E-state index in [1.165, 1.54) is 17.4 Å². The fraction of sp³-hybridized carbons (Fsp3) is 0.0870. The fourth-order valence-corrected chi connectivity index (χ4v) is 4.10. The van der Waals surface area contributed by atoms with Crippen molar-refractivity contribution >= 4 is 33.2 Å². The van der Waals surface area contributed by atoms with Crippen LogP contribution in [0.3, 0.4) is 0 Å². The minimum absolute atomic E-state index is 0.379. The molecule has 0 bridgehead atoms. The number of aromatic amines is 1. The number of thiazole rings is 1. The van der Waals surface area contributed by atoms with Gasteiger partial charge in [-0.3, -0.25) is 4.98 Å². The quantitative estimate of drug-likeness (QED) is 0.315. The van der Waals surface area contributed by atoms with Gasteiger partial charge in [0.05, 0.1) is 22.3 Å². The first kappa shape index (κ1) is 20.2. The third-order valence-corrected chi connectivity index (χ3v) is 5.75. The van der Waals surface area contributed by atoms with E-state index in [9.17, 15) is 13.2 Å². The predicted molar refractivity (Wildman–Crippen MR) is 120 cm³/mol. The molecule has 9 heteroatoms. The molecule has 32 heavy (non-hydrogen) atoms. The summed E-state index contributed by atoms with van der Waals surface area (Å²) in [5.41, 5.74) is 4.61. The number of nitrogens with zero attached hydrogens (tertiary/aromatic N) is 3. The number of imidazole rings is 1. The van der Waals surface area contributed by atoms with Crippen LogP contribution in [0.1, 0.15) is 11.1 Å². The summed E-state index contributed by atoms with van der Waals surface area (Å²) in [5, 5.41) is 5.99. The number of alkyl halides is 3. The Bertz CT molecular complexity index is 1410. The van der Waals surface area contributed by atoms with Gasteiger partial charge in [0.25, 0.3) is 0 Å². The molecule has 0 aliphatic rings. The number of aryl methyl sites for hydroxylation is 1. The Morgan fingerprint density at radius 3 is 2.62 bits per heavy atom. The van der Waals surface area contributed by atoms with Gasteiger partial charge in [-0.15, -0.1) is 11.3 Å². The highest BCUT2D eigenvalue weighted by Crippen LogP contribution is 2.33. The molecule has 5 rings (SSSR count). The Kier molecular flexibility index (Phi) is 4.90. The third kappa shape index (κ3) is 3.94. The van der Waals surface area contributed by atoms with Gasteiger partial charge in [0.2, 0.25) is 0 Å². The number of rotatable bonds is 4. The molecule has 2 N–H and O–H groups in total. The smallest absolute Gasteiger partial charge is 0.338 e. The van der Waals surface area contributed by atoms with Crippen molar-refractivity contribution in [3.05, 3.63) is 77.4 Å². The van der Waals surface area contributed by atoms with Crippen LogP contribution in [0.2, 0.25) is 0 Å². The van der Waals surface area contributed by atoms with E-state index < -0.39 is 11.7 Å². The Morgan fingerprint density at radius 1 is 1.00 bits per heavy atom. The number of hydrogen-bond acceptors (Lipinski definition) is 5. The zero-order chi connectivity index (χ0) is 22.3. The first-order valence-electron chi connectivity index (χ1n) is 9.68. The van der Waals surface area contributed by atoms with Crippen LogP contribution in [0.5, 0.6) is 0 Å². The summed E-state index contributed by atoms with van der Waals surface area (Å²) in [5.74, 6) is 0.385. The van der Waals surface area contributed by atoms with Crippen molar-refractivity contribution in [2.24, 2.45) is 0 Å². The number of H-pyrrole nitrogens is 1. The number of benzene rings is 2. The number of anilines is 2.